The van der Waals surface area contributed by atoms with Gasteiger partial charge in [-0.15, -0.1) is 0 Å². The molecule has 0 spiro atoms. The molecular formula is C18H40O2. The Bertz CT molecular complexity index is 159. The minimum absolute atomic E-state index is 0.360. The summed E-state index contributed by atoms with van der Waals surface area (Å²) in [6.45, 7) is 9.76. The molecule has 0 saturated carbocycles. The summed E-state index contributed by atoms with van der Waals surface area (Å²) >= 11 is 0. The maximum Gasteiger partial charge on any atom is 0.0431 e. The Morgan fingerprint density at radius 1 is 0.650 bits per heavy atom. The van der Waals surface area contributed by atoms with Gasteiger partial charge in [-0.05, 0) is 24.7 Å². The fourth-order valence-corrected chi connectivity index (χ4v) is 2.23. The molecule has 2 heteroatoms. The van der Waals surface area contributed by atoms with Crippen LogP contribution in [0.15, 0.2) is 0 Å². The van der Waals surface area contributed by atoms with E-state index in [4.69, 9.17) is 10.2 Å². The lowest BCUT2D eigenvalue weighted by atomic mass is 9.99. The number of aliphatic hydroxyl groups excluding tert-OH is 2. The van der Waals surface area contributed by atoms with Gasteiger partial charge in [-0.3, -0.25) is 0 Å². The van der Waals surface area contributed by atoms with Gasteiger partial charge in [0.05, 0.1) is 0 Å². The van der Waals surface area contributed by atoms with E-state index in [2.05, 4.69) is 27.7 Å². The zero-order valence-corrected chi connectivity index (χ0v) is 14.5. The second-order valence-electron chi connectivity index (χ2n) is 6.20. The molecule has 0 rings (SSSR count). The van der Waals surface area contributed by atoms with Gasteiger partial charge in [0.1, 0.15) is 0 Å². The van der Waals surface area contributed by atoms with Crippen molar-refractivity contribution in [2.24, 2.45) is 11.8 Å². The summed E-state index contributed by atoms with van der Waals surface area (Å²) in [4.78, 5) is 0. The van der Waals surface area contributed by atoms with Crippen LogP contribution in [0.1, 0.15) is 91.9 Å². The Kier molecular flexibility index (Phi) is 21.0. The Hall–Kier alpha value is -0.0800. The maximum absolute atomic E-state index is 8.51. The highest BCUT2D eigenvalue weighted by molar-refractivity contribution is 4.52. The first-order valence-corrected chi connectivity index (χ1v) is 8.83. The molecule has 0 bridgehead atoms. The van der Waals surface area contributed by atoms with Crippen molar-refractivity contribution in [1.82, 2.24) is 0 Å². The zero-order valence-electron chi connectivity index (χ0n) is 14.5. The molecule has 0 aromatic heterocycles. The number of unbranched alkanes of at least 4 members (excludes halogenated alkanes) is 3. The Morgan fingerprint density at radius 3 is 1.65 bits per heavy atom. The summed E-state index contributed by atoms with van der Waals surface area (Å²) in [6, 6.07) is 0. The third-order valence-corrected chi connectivity index (χ3v) is 3.94. The van der Waals surface area contributed by atoms with Crippen LogP contribution in [-0.2, 0) is 0 Å². The lowest BCUT2D eigenvalue weighted by molar-refractivity contribution is 0.278. The second-order valence-corrected chi connectivity index (χ2v) is 6.20. The Labute approximate surface area is 128 Å². The van der Waals surface area contributed by atoms with Crippen LogP contribution in [0.2, 0.25) is 0 Å². The topological polar surface area (TPSA) is 40.5 Å². The van der Waals surface area contributed by atoms with Gasteiger partial charge in [-0.1, -0.05) is 79.1 Å². The molecule has 0 aromatic rings. The van der Waals surface area contributed by atoms with Crippen molar-refractivity contribution < 1.29 is 10.2 Å². The largest absolute Gasteiger partial charge is 0.396 e. The predicted molar refractivity (Wildman–Crippen MR) is 90.0 cm³/mol. The predicted octanol–water partition coefficient (Wildman–Crippen LogP) is 5.17. The van der Waals surface area contributed by atoms with E-state index in [9.17, 15) is 0 Å². The summed E-state index contributed by atoms with van der Waals surface area (Å²) in [5.41, 5.74) is 0. The summed E-state index contributed by atoms with van der Waals surface area (Å²) in [5, 5.41) is 17.0. The van der Waals surface area contributed by atoms with Gasteiger partial charge in [0.15, 0.2) is 0 Å². The van der Waals surface area contributed by atoms with Gasteiger partial charge in [0, 0.05) is 13.2 Å². The number of aliphatic hydroxyl groups is 2. The molecule has 0 aliphatic carbocycles. The first kappa shape index (κ1) is 22.2. The number of hydrogen-bond donors (Lipinski definition) is 2. The normalized spacial score (nSPS) is 13.5. The first-order chi connectivity index (χ1) is 9.62. The lowest BCUT2D eigenvalue weighted by Gasteiger charge is -2.07. The standard InChI is InChI=1S/2C9H20O/c1-3-9(2)7-5-4-6-8-10;1-3-6-9(2)7-4-5-8-10/h2*9-10H,3-8H2,1-2H3. The highest BCUT2D eigenvalue weighted by atomic mass is 16.3. The van der Waals surface area contributed by atoms with Crippen molar-refractivity contribution in [3.05, 3.63) is 0 Å². The smallest absolute Gasteiger partial charge is 0.0431 e. The average Bonchev–Trinajstić information content (AvgIpc) is 2.44. The van der Waals surface area contributed by atoms with Crippen molar-refractivity contribution in [1.29, 1.82) is 0 Å². The molecule has 2 unspecified atom stereocenters. The van der Waals surface area contributed by atoms with Gasteiger partial charge in [0.2, 0.25) is 0 Å². The van der Waals surface area contributed by atoms with Crippen molar-refractivity contribution in [2.45, 2.75) is 91.9 Å². The van der Waals surface area contributed by atoms with E-state index in [-0.39, 0.29) is 0 Å². The molecule has 2 nitrogen and oxygen atoms in total. The molecule has 2 N–H and O–H groups in total. The lowest BCUT2D eigenvalue weighted by Crippen LogP contribution is -1.94. The quantitative estimate of drug-likeness (QED) is 0.486. The van der Waals surface area contributed by atoms with E-state index in [1.54, 1.807) is 0 Å². The first-order valence-electron chi connectivity index (χ1n) is 8.83. The minimum atomic E-state index is 0.360. The van der Waals surface area contributed by atoms with Crippen LogP contribution in [0.5, 0.6) is 0 Å². The molecule has 0 saturated heterocycles. The zero-order chi connectivity index (χ0) is 15.6. The summed E-state index contributed by atoms with van der Waals surface area (Å²) in [6.07, 6.45) is 12.2. The van der Waals surface area contributed by atoms with Crippen LogP contribution in [0.3, 0.4) is 0 Å². The van der Waals surface area contributed by atoms with Crippen LogP contribution in [0.4, 0.5) is 0 Å². The van der Waals surface area contributed by atoms with Crippen LogP contribution >= 0.6 is 0 Å². The summed E-state index contributed by atoms with van der Waals surface area (Å²) < 4.78 is 0. The van der Waals surface area contributed by atoms with Crippen molar-refractivity contribution in [3.63, 3.8) is 0 Å². The van der Waals surface area contributed by atoms with Gasteiger partial charge < -0.3 is 10.2 Å². The van der Waals surface area contributed by atoms with E-state index < -0.39 is 0 Å². The van der Waals surface area contributed by atoms with Crippen molar-refractivity contribution >= 4 is 0 Å². The Morgan fingerprint density at radius 2 is 1.15 bits per heavy atom. The summed E-state index contributed by atoms with van der Waals surface area (Å²) in [7, 11) is 0. The van der Waals surface area contributed by atoms with Crippen LogP contribution < -0.4 is 0 Å². The molecule has 0 fully saturated rings. The molecule has 0 amide bonds. The third-order valence-electron chi connectivity index (χ3n) is 3.94. The highest BCUT2D eigenvalue weighted by Gasteiger charge is 1.98. The number of hydrogen-bond acceptors (Lipinski definition) is 2. The SMILES string of the molecule is CCC(C)CCCCCO.CCCC(C)CCCCO. The average molecular weight is 289 g/mol. The van der Waals surface area contributed by atoms with Gasteiger partial charge in [-0.25, -0.2) is 0 Å². The third kappa shape index (κ3) is 20.2. The van der Waals surface area contributed by atoms with Gasteiger partial charge in [0.25, 0.3) is 0 Å². The number of rotatable bonds is 12. The molecule has 0 aliphatic heterocycles. The second kappa shape index (κ2) is 18.9. The van der Waals surface area contributed by atoms with Crippen molar-refractivity contribution in [3.8, 4) is 0 Å². The minimum Gasteiger partial charge on any atom is -0.396 e. The molecule has 0 aliphatic rings. The highest BCUT2D eigenvalue weighted by Crippen LogP contribution is 2.13. The molecule has 124 valence electrons. The van der Waals surface area contributed by atoms with Crippen molar-refractivity contribution in [2.75, 3.05) is 13.2 Å². The van der Waals surface area contributed by atoms with E-state index in [1.807, 2.05) is 0 Å². The van der Waals surface area contributed by atoms with Crippen LogP contribution in [0.25, 0.3) is 0 Å². The molecular weight excluding hydrogens is 248 g/mol. The monoisotopic (exact) mass is 288 g/mol. The van der Waals surface area contributed by atoms with E-state index in [0.717, 1.165) is 24.7 Å². The molecule has 2 atom stereocenters. The van der Waals surface area contributed by atoms with Gasteiger partial charge in [-0.2, -0.15) is 0 Å². The van der Waals surface area contributed by atoms with Gasteiger partial charge >= 0.3 is 0 Å². The fraction of sp³-hybridized carbons (Fsp3) is 1.00. The van der Waals surface area contributed by atoms with E-state index in [1.165, 1.54) is 51.4 Å². The molecule has 0 aromatic carbocycles. The molecule has 20 heavy (non-hydrogen) atoms. The Balaban J connectivity index is 0. The van der Waals surface area contributed by atoms with Crippen LogP contribution in [0, 0.1) is 11.8 Å². The summed E-state index contributed by atoms with van der Waals surface area (Å²) in [5.74, 6) is 1.73. The van der Waals surface area contributed by atoms with E-state index in [0.29, 0.717) is 13.2 Å². The molecule has 0 heterocycles. The van der Waals surface area contributed by atoms with E-state index >= 15 is 0 Å². The maximum atomic E-state index is 8.51. The van der Waals surface area contributed by atoms with Crippen LogP contribution in [-0.4, -0.2) is 23.4 Å². The molecule has 0 radical (unpaired) electrons. The fourth-order valence-electron chi connectivity index (χ4n) is 2.23.